The molecule has 0 aliphatic rings. The lowest BCUT2D eigenvalue weighted by Gasteiger charge is -2.23. The van der Waals surface area contributed by atoms with Crippen LogP contribution >= 0.6 is 0 Å². The summed E-state index contributed by atoms with van der Waals surface area (Å²) in [6, 6.07) is 2.09. The van der Waals surface area contributed by atoms with Crippen LogP contribution in [-0.2, 0) is 6.54 Å². The van der Waals surface area contributed by atoms with Gasteiger partial charge in [-0.05, 0) is 32.0 Å². The largest absolute Gasteiger partial charge is 0.371 e. The number of nitrogens with zero attached hydrogens (tertiary/aromatic N) is 2. The third-order valence-electron chi connectivity index (χ3n) is 2.56. The lowest BCUT2D eigenvalue weighted by atomic mass is 10.2. The lowest BCUT2D eigenvalue weighted by molar-refractivity contribution is 0.720. The molecular weight excluding hydrogens is 186 g/mol. The molecule has 84 valence electrons. The van der Waals surface area contributed by atoms with Gasteiger partial charge in [-0.25, -0.2) is 0 Å². The van der Waals surface area contributed by atoms with Gasteiger partial charge >= 0.3 is 0 Å². The van der Waals surface area contributed by atoms with E-state index in [2.05, 4.69) is 42.0 Å². The van der Waals surface area contributed by atoms with Crippen LogP contribution in [0.3, 0.4) is 0 Å². The van der Waals surface area contributed by atoms with E-state index in [0.717, 1.165) is 26.2 Å². The first-order valence-electron chi connectivity index (χ1n) is 5.72. The molecule has 0 unspecified atom stereocenters. The first kappa shape index (κ1) is 12.0. The normalized spacial score (nSPS) is 10.3. The molecule has 0 atom stereocenters. The number of anilines is 1. The Balaban J connectivity index is 2.84. The van der Waals surface area contributed by atoms with Crippen molar-refractivity contribution in [1.82, 2.24) is 10.3 Å². The van der Waals surface area contributed by atoms with Crippen LogP contribution in [0.25, 0.3) is 0 Å². The molecular formula is C12H21N3. The number of hydrogen-bond acceptors (Lipinski definition) is 3. The van der Waals surface area contributed by atoms with Gasteiger partial charge in [-0.3, -0.25) is 4.98 Å². The summed E-state index contributed by atoms with van der Waals surface area (Å²) < 4.78 is 0. The average molecular weight is 207 g/mol. The highest BCUT2D eigenvalue weighted by atomic mass is 15.1. The van der Waals surface area contributed by atoms with E-state index in [1.54, 1.807) is 0 Å². The summed E-state index contributed by atoms with van der Waals surface area (Å²) in [6.45, 7) is 10.5. The van der Waals surface area contributed by atoms with Crippen molar-refractivity contribution in [2.75, 3.05) is 24.5 Å². The van der Waals surface area contributed by atoms with Gasteiger partial charge in [0.2, 0.25) is 0 Å². The SMILES string of the molecule is CCNCc1ccncc1N(CC)CC. The summed E-state index contributed by atoms with van der Waals surface area (Å²) in [6.07, 6.45) is 3.82. The Kier molecular flexibility index (Phi) is 5.12. The molecule has 0 aliphatic carbocycles. The maximum atomic E-state index is 4.20. The molecule has 0 aliphatic heterocycles. The van der Waals surface area contributed by atoms with Gasteiger partial charge in [0, 0.05) is 25.8 Å². The molecule has 1 aromatic heterocycles. The highest BCUT2D eigenvalue weighted by molar-refractivity contribution is 5.51. The highest BCUT2D eigenvalue weighted by Crippen LogP contribution is 2.18. The van der Waals surface area contributed by atoms with Crippen LogP contribution in [0.5, 0.6) is 0 Å². The molecule has 1 aromatic rings. The number of aromatic nitrogens is 1. The summed E-state index contributed by atoms with van der Waals surface area (Å²) >= 11 is 0. The van der Waals surface area contributed by atoms with Crippen molar-refractivity contribution >= 4 is 5.69 Å². The molecule has 0 saturated carbocycles. The van der Waals surface area contributed by atoms with Crippen LogP contribution in [0.2, 0.25) is 0 Å². The Bertz CT molecular complexity index is 282. The van der Waals surface area contributed by atoms with Crippen LogP contribution in [0.15, 0.2) is 18.5 Å². The maximum absolute atomic E-state index is 4.20. The molecule has 1 heterocycles. The summed E-state index contributed by atoms with van der Waals surface area (Å²) in [7, 11) is 0. The maximum Gasteiger partial charge on any atom is 0.0598 e. The minimum absolute atomic E-state index is 0.921. The smallest absolute Gasteiger partial charge is 0.0598 e. The van der Waals surface area contributed by atoms with Gasteiger partial charge in [0.25, 0.3) is 0 Å². The van der Waals surface area contributed by atoms with Gasteiger partial charge in [-0.15, -0.1) is 0 Å². The third kappa shape index (κ3) is 3.20. The summed E-state index contributed by atoms with van der Waals surface area (Å²) in [5, 5.41) is 3.35. The van der Waals surface area contributed by atoms with Crippen molar-refractivity contribution < 1.29 is 0 Å². The summed E-state index contributed by atoms with van der Waals surface area (Å²) in [4.78, 5) is 6.53. The lowest BCUT2D eigenvalue weighted by Crippen LogP contribution is -2.24. The van der Waals surface area contributed by atoms with E-state index in [0.29, 0.717) is 0 Å². The first-order chi connectivity index (χ1) is 7.33. The zero-order chi connectivity index (χ0) is 11.1. The van der Waals surface area contributed by atoms with E-state index in [-0.39, 0.29) is 0 Å². The Labute approximate surface area is 92.5 Å². The number of hydrogen-bond donors (Lipinski definition) is 1. The predicted molar refractivity (Wildman–Crippen MR) is 65.2 cm³/mol. The van der Waals surface area contributed by atoms with Crippen LogP contribution in [-0.4, -0.2) is 24.6 Å². The van der Waals surface area contributed by atoms with Gasteiger partial charge in [0.15, 0.2) is 0 Å². The molecule has 3 nitrogen and oxygen atoms in total. The van der Waals surface area contributed by atoms with Gasteiger partial charge in [-0.2, -0.15) is 0 Å². The van der Waals surface area contributed by atoms with E-state index in [1.807, 2.05) is 12.4 Å². The van der Waals surface area contributed by atoms with E-state index < -0.39 is 0 Å². The molecule has 0 aromatic carbocycles. The highest BCUT2D eigenvalue weighted by Gasteiger charge is 2.07. The molecule has 0 fully saturated rings. The van der Waals surface area contributed by atoms with Crippen molar-refractivity contribution in [2.45, 2.75) is 27.3 Å². The molecule has 1 N–H and O–H groups in total. The predicted octanol–water partition coefficient (Wildman–Crippen LogP) is 2.04. The zero-order valence-corrected chi connectivity index (χ0v) is 9.95. The second-order valence-corrected chi connectivity index (χ2v) is 3.46. The quantitative estimate of drug-likeness (QED) is 0.773. The Morgan fingerprint density at radius 2 is 2.00 bits per heavy atom. The number of nitrogens with one attached hydrogen (secondary N) is 1. The van der Waals surface area contributed by atoms with Gasteiger partial charge < -0.3 is 10.2 Å². The molecule has 0 radical (unpaired) electrons. The molecule has 0 bridgehead atoms. The minimum atomic E-state index is 0.921. The molecule has 3 heteroatoms. The standard InChI is InChI=1S/C12H21N3/c1-4-13-9-11-7-8-14-10-12(11)15(5-2)6-3/h7-8,10,13H,4-6,9H2,1-3H3. The van der Waals surface area contributed by atoms with Crippen molar-refractivity contribution in [3.63, 3.8) is 0 Å². The fraction of sp³-hybridized carbons (Fsp3) is 0.583. The Morgan fingerprint density at radius 3 is 2.60 bits per heavy atom. The van der Waals surface area contributed by atoms with Crippen LogP contribution in [0.4, 0.5) is 5.69 Å². The molecule has 0 saturated heterocycles. The number of pyridine rings is 1. The fourth-order valence-corrected chi connectivity index (χ4v) is 1.67. The second-order valence-electron chi connectivity index (χ2n) is 3.46. The monoisotopic (exact) mass is 207 g/mol. The molecule has 1 rings (SSSR count). The second kappa shape index (κ2) is 6.40. The van der Waals surface area contributed by atoms with Gasteiger partial charge in [0.05, 0.1) is 11.9 Å². The van der Waals surface area contributed by atoms with Crippen LogP contribution in [0, 0.1) is 0 Å². The first-order valence-corrected chi connectivity index (χ1v) is 5.72. The van der Waals surface area contributed by atoms with E-state index >= 15 is 0 Å². The van der Waals surface area contributed by atoms with Crippen LogP contribution in [0.1, 0.15) is 26.3 Å². The third-order valence-corrected chi connectivity index (χ3v) is 2.56. The summed E-state index contributed by atoms with van der Waals surface area (Å²) in [5.74, 6) is 0. The average Bonchev–Trinajstić information content (AvgIpc) is 2.29. The number of rotatable bonds is 6. The molecule has 15 heavy (non-hydrogen) atoms. The van der Waals surface area contributed by atoms with Crippen molar-refractivity contribution in [3.05, 3.63) is 24.0 Å². The van der Waals surface area contributed by atoms with Gasteiger partial charge in [-0.1, -0.05) is 6.92 Å². The van der Waals surface area contributed by atoms with E-state index in [9.17, 15) is 0 Å². The fourth-order valence-electron chi connectivity index (χ4n) is 1.67. The topological polar surface area (TPSA) is 28.2 Å². The van der Waals surface area contributed by atoms with Crippen LogP contribution < -0.4 is 10.2 Å². The van der Waals surface area contributed by atoms with Gasteiger partial charge in [0.1, 0.15) is 0 Å². The Morgan fingerprint density at radius 1 is 1.27 bits per heavy atom. The van der Waals surface area contributed by atoms with Crippen molar-refractivity contribution in [2.24, 2.45) is 0 Å². The molecule has 0 amide bonds. The minimum Gasteiger partial charge on any atom is -0.371 e. The van der Waals surface area contributed by atoms with Crippen molar-refractivity contribution in [3.8, 4) is 0 Å². The van der Waals surface area contributed by atoms with E-state index in [1.165, 1.54) is 11.3 Å². The van der Waals surface area contributed by atoms with Crippen molar-refractivity contribution in [1.29, 1.82) is 0 Å². The molecule has 0 spiro atoms. The Hall–Kier alpha value is -1.09. The van der Waals surface area contributed by atoms with E-state index in [4.69, 9.17) is 0 Å². The zero-order valence-electron chi connectivity index (χ0n) is 9.95. The summed E-state index contributed by atoms with van der Waals surface area (Å²) in [5.41, 5.74) is 2.58.